The molecule has 2 amide bonds. The zero-order chi connectivity index (χ0) is 22.3. The lowest BCUT2D eigenvalue weighted by atomic mass is 10.1. The zero-order valence-corrected chi connectivity index (χ0v) is 16.1. The minimum absolute atomic E-state index is 0.152. The lowest BCUT2D eigenvalue weighted by Crippen LogP contribution is -2.20. The molecule has 0 bridgehead atoms. The maximum Gasteiger partial charge on any atom is 0.387 e. The van der Waals surface area contributed by atoms with Gasteiger partial charge in [0.2, 0.25) is 5.91 Å². The number of halogens is 5. The maximum absolute atomic E-state index is 12.5. The van der Waals surface area contributed by atoms with E-state index in [1.807, 2.05) is 0 Å². The molecule has 2 aromatic rings. The van der Waals surface area contributed by atoms with Crippen molar-refractivity contribution in [2.75, 3.05) is 12.4 Å². The van der Waals surface area contributed by atoms with Gasteiger partial charge in [0.15, 0.2) is 11.5 Å². The summed E-state index contributed by atoms with van der Waals surface area (Å²) in [5, 5.41) is 5.18. The number of rotatable bonds is 8. The largest absolute Gasteiger partial charge is 0.431 e. The Balaban J connectivity index is 2.20. The van der Waals surface area contributed by atoms with Crippen LogP contribution in [-0.4, -0.2) is 32.1 Å². The van der Waals surface area contributed by atoms with E-state index in [-0.39, 0.29) is 21.8 Å². The number of hydrogen-bond donors (Lipinski definition) is 2. The van der Waals surface area contributed by atoms with E-state index >= 15 is 0 Å². The molecule has 0 aromatic heterocycles. The van der Waals surface area contributed by atoms with Crippen LogP contribution in [0.2, 0.25) is 5.02 Å². The second kappa shape index (κ2) is 10.5. The summed E-state index contributed by atoms with van der Waals surface area (Å²) < 4.78 is 58.0. The first-order valence-electron chi connectivity index (χ1n) is 8.24. The Kier molecular flexibility index (Phi) is 8.05. The quantitative estimate of drug-likeness (QED) is 0.460. The van der Waals surface area contributed by atoms with E-state index < -0.39 is 36.5 Å². The Morgan fingerprint density at radius 2 is 1.67 bits per heavy atom. The van der Waals surface area contributed by atoms with Gasteiger partial charge in [-0.3, -0.25) is 9.59 Å². The van der Waals surface area contributed by atoms with Crippen molar-refractivity contribution in [1.29, 1.82) is 0 Å². The molecule has 6 nitrogen and oxygen atoms in total. The van der Waals surface area contributed by atoms with Crippen molar-refractivity contribution in [2.24, 2.45) is 0 Å². The van der Waals surface area contributed by atoms with E-state index in [9.17, 15) is 27.2 Å². The number of amides is 2. The molecule has 0 spiro atoms. The third-order valence-corrected chi connectivity index (χ3v) is 3.77. The van der Waals surface area contributed by atoms with Gasteiger partial charge in [0.1, 0.15) is 0 Å². The Morgan fingerprint density at radius 3 is 2.30 bits per heavy atom. The summed E-state index contributed by atoms with van der Waals surface area (Å²) in [6, 6.07) is 7.55. The van der Waals surface area contributed by atoms with Crippen molar-refractivity contribution < 1.29 is 36.6 Å². The molecule has 0 unspecified atom stereocenters. The number of hydrogen-bond acceptors (Lipinski definition) is 4. The first-order chi connectivity index (χ1) is 14.2. The van der Waals surface area contributed by atoms with Gasteiger partial charge in [-0.25, -0.2) is 0 Å². The molecule has 0 saturated heterocycles. The second-order valence-corrected chi connectivity index (χ2v) is 5.99. The first kappa shape index (κ1) is 23.0. The molecule has 0 saturated carbocycles. The van der Waals surface area contributed by atoms with Crippen LogP contribution >= 0.6 is 11.6 Å². The van der Waals surface area contributed by atoms with Gasteiger partial charge in [-0.1, -0.05) is 17.7 Å². The lowest BCUT2D eigenvalue weighted by molar-refractivity contribution is -0.111. The molecule has 160 valence electrons. The number of carbonyl (C=O) groups excluding carboxylic acids is 2. The molecule has 0 heterocycles. The highest BCUT2D eigenvalue weighted by atomic mass is 35.5. The summed E-state index contributed by atoms with van der Waals surface area (Å²) in [5.41, 5.74) is 0.517. The second-order valence-electron chi connectivity index (χ2n) is 5.55. The standard InChI is InChI=1S/C19H15ClF4N2O4/c1-25-17(28)12-5-4-11(20)9-13(12)26-16(27)7-3-10-2-6-14(29-18(21)22)15(8-10)30-19(23)24/h2-9,18-19H,1H3,(H,25,28)(H,26,27)/b7-3+. The van der Waals surface area contributed by atoms with Crippen molar-refractivity contribution in [3.8, 4) is 11.5 Å². The molecule has 0 aliphatic heterocycles. The van der Waals surface area contributed by atoms with Gasteiger partial charge in [-0.2, -0.15) is 17.6 Å². The van der Waals surface area contributed by atoms with E-state index in [1.165, 1.54) is 37.4 Å². The molecule has 0 radical (unpaired) electrons. The third kappa shape index (κ3) is 6.66. The molecule has 30 heavy (non-hydrogen) atoms. The van der Waals surface area contributed by atoms with Gasteiger partial charge < -0.3 is 20.1 Å². The topological polar surface area (TPSA) is 76.7 Å². The normalized spacial score (nSPS) is 11.1. The van der Waals surface area contributed by atoms with Gasteiger partial charge in [-0.05, 0) is 42.0 Å². The van der Waals surface area contributed by atoms with Crippen LogP contribution in [0.4, 0.5) is 23.2 Å². The van der Waals surface area contributed by atoms with Crippen LogP contribution < -0.4 is 20.1 Å². The summed E-state index contributed by atoms with van der Waals surface area (Å²) in [6.07, 6.45) is 2.27. The predicted octanol–water partition coefficient (Wildman–Crippen LogP) is 4.55. The average molecular weight is 447 g/mol. The SMILES string of the molecule is CNC(=O)c1ccc(Cl)cc1NC(=O)/C=C/c1ccc(OC(F)F)c(OC(F)F)c1. The fourth-order valence-electron chi connectivity index (χ4n) is 2.31. The number of benzene rings is 2. The van der Waals surface area contributed by atoms with Crippen LogP contribution in [0.3, 0.4) is 0 Å². The van der Waals surface area contributed by atoms with Crippen LogP contribution in [0.1, 0.15) is 15.9 Å². The number of nitrogens with one attached hydrogen (secondary N) is 2. The average Bonchev–Trinajstić information content (AvgIpc) is 2.67. The fraction of sp³-hybridized carbons (Fsp3) is 0.158. The van der Waals surface area contributed by atoms with Gasteiger partial charge >= 0.3 is 13.2 Å². The van der Waals surface area contributed by atoms with Crippen molar-refractivity contribution in [3.63, 3.8) is 0 Å². The van der Waals surface area contributed by atoms with E-state index in [2.05, 4.69) is 20.1 Å². The first-order valence-corrected chi connectivity index (χ1v) is 8.61. The molecule has 0 fully saturated rings. The zero-order valence-electron chi connectivity index (χ0n) is 15.3. The minimum Gasteiger partial charge on any atom is -0.431 e. The molecule has 0 atom stereocenters. The highest BCUT2D eigenvalue weighted by Gasteiger charge is 2.15. The van der Waals surface area contributed by atoms with Crippen molar-refractivity contribution >= 4 is 35.2 Å². The summed E-state index contributed by atoms with van der Waals surface area (Å²) in [7, 11) is 1.42. The minimum atomic E-state index is -3.27. The van der Waals surface area contributed by atoms with Gasteiger partial charge in [0.25, 0.3) is 5.91 Å². The van der Waals surface area contributed by atoms with E-state index in [1.54, 1.807) is 0 Å². The summed E-state index contributed by atoms with van der Waals surface area (Å²) >= 11 is 5.89. The van der Waals surface area contributed by atoms with Crippen molar-refractivity contribution in [1.82, 2.24) is 5.32 Å². The highest BCUT2D eigenvalue weighted by molar-refractivity contribution is 6.31. The lowest BCUT2D eigenvalue weighted by Gasteiger charge is -2.12. The maximum atomic E-state index is 12.5. The molecular weight excluding hydrogens is 432 g/mol. The third-order valence-electron chi connectivity index (χ3n) is 3.54. The van der Waals surface area contributed by atoms with Crippen LogP contribution in [0.5, 0.6) is 11.5 Å². The molecule has 2 aromatic carbocycles. The van der Waals surface area contributed by atoms with E-state index in [0.717, 1.165) is 18.2 Å². The number of anilines is 1. The Hall–Kier alpha value is -3.27. The molecule has 2 N–H and O–H groups in total. The van der Waals surface area contributed by atoms with E-state index in [0.29, 0.717) is 0 Å². The van der Waals surface area contributed by atoms with Crippen molar-refractivity contribution in [2.45, 2.75) is 13.2 Å². The van der Waals surface area contributed by atoms with E-state index in [4.69, 9.17) is 11.6 Å². The van der Waals surface area contributed by atoms with Gasteiger partial charge in [0.05, 0.1) is 11.3 Å². The highest BCUT2D eigenvalue weighted by Crippen LogP contribution is 2.31. The Morgan fingerprint density at radius 1 is 1.00 bits per heavy atom. The smallest absolute Gasteiger partial charge is 0.387 e. The number of alkyl halides is 4. The summed E-state index contributed by atoms with van der Waals surface area (Å²) in [6.45, 7) is -6.50. The predicted molar refractivity (Wildman–Crippen MR) is 102 cm³/mol. The van der Waals surface area contributed by atoms with Gasteiger partial charge in [0, 0.05) is 18.1 Å². The summed E-state index contributed by atoms with van der Waals surface area (Å²) in [5.74, 6) is -2.31. The van der Waals surface area contributed by atoms with Crippen LogP contribution in [0.25, 0.3) is 6.08 Å². The fourth-order valence-corrected chi connectivity index (χ4v) is 2.48. The molecular formula is C19H15ClF4N2O4. The summed E-state index contributed by atoms with van der Waals surface area (Å²) in [4.78, 5) is 24.1. The Labute approximate surface area is 173 Å². The molecule has 11 heteroatoms. The Bertz CT molecular complexity index is 954. The number of ether oxygens (including phenoxy) is 2. The monoisotopic (exact) mass is 446 g/mol. The van der Waals surface area contributed by atoms with Crippen LogP contribution in [0, 0.1) is 0 Å². The van der Waals surface area contributed by atoms with Crippen LogP contribution in [0.15, 0.2) is 42.5 Å². The molecule has 2 rings (SSSR count). The number of carbonyl (C=O) groups is 2. The molecule has 0 aliphatic rings. The van der Waals surface area contributed by atoms with Crippen LogP contribution in [-0.2, 0) is 4.79 Å². The molecule has 0 aliphatic carbocycles. The van der Waals surface area contributed by atoms with Crippen molar-refractivity contribution in [3.05, 3.63) is 58.6 Å². The van der Waals surface area contributed by atoms with Gasteiger partial charge in [-0.15, -0.1) is 0 Å².